The third kappa shape index (κ3) is 1.65. The molecule has 0 unspecified atom stereocenters. The number of carbonyl (C=O) groups excluding carboxylic acids is 2. The molecule has 4 nitrogen and oxygen atoms in total. The van der Waals surface area contributed by atoms with E-state index in [0.717, 1.165) is 38.8 Å². The Kier molecular flexibility index (Phi) is 2.82. The van der Waals surface area contributed by atoms with E-state index < -0.39 is 0 Å². The molecule has 4 aliphatic heterocycles. The lowest BCUT2D eigenvalue weighted by Crippen LogP contribution is -2.74. The zero-order valence-corrected chi connectivity index (χ0v) is 13.2. The molecule has 4 heteroatoms. The van der Waals surface area contributed by atoms with E-state index in [1.807, 2.05) is 0 Å². The first kappa shape index (κ1) is 13.7. The lowest BCUT2D eigenvalue weighted by atomic mass is 9.60. The van der Waals surface area contributed by atoms with Crippen LogP contribution in [0.3, 0.4) is 0 Å². The maximum absolute atomic E-state index is 13.1. The normalized spacial score (nSPS) is 47.0. The summed E-state index contributed by atoms with van der Waals surface area (Å²) in [5.74, 6) is 0.714. The van der Waals surface area contributed by atoms with E-state index >= 15 is 0 Å². The smallest absolute Gasteiger partial charge is 0.234 e. The third-order valence-corrected chi connectivity index (χ3v) is 7.03. The quantitative estimate of drug-likeness (QED) is 0.642. The van der Waals surface area contributed by atoms with Crippen molar-refractivity contribution in [3.63, 3.8) is 0 Å². The molecule has 4 aliphatic rings. The number of imide groups is 1. The number of nitrogens with zero attached hydrogens (tertiary/aromatic N) is 2. The van der Waals surface area contributed by atoms with Gasteiger partial charge >= 0.3 is 0 Å². The summed E-state index contributed by atoms with van der Waals surface area (Å²) in [7, 11) is 0. The van der Waals surface area contributed by atoms with Crippen LogP contribution in [0.2, 0.25) is 0 Å². The average molecular weight is 290 g/mol. The second-order valence-corrected chi connectivity index (χ2v) is 8.02. The second kappa shape index (κ2) is 4.31. The first-order valence-corrected chi connectivity index (χ1v) is 8.59. The van der Waals surface area contributed by atoms with Gasteiger partial charge in [0.2, 0.25) is 11.8 Å². The summed E-state index contributed by atoms with van der Waals surface area (Å²) in [6.07, 6.45) is 7.06. The summed E-state index contributed by atoms with van der Waals surface area (Å²) in [6, 6.07) is 0. The first-order valence-electron chi connectivity index (χ1n) is 8.59. The Morgan fingerprint density at radius 3 is 2.62 bits per heavy atom. The predicted octanol–water partition coefficient (Wildman–Crippen LogP) is 2.18. The molecule has 116 valence electrons. The number of fused-ring (bicyclic) bond motifs is 6. The molecule has 4 atom stereocenters. The van der Waals surface area contributed by atoms with Crippen molar-refractivity contribution >= 4 is 11.8 Å². The van der Waals surface area contributed by atoms with Crippen LogP contribution >= 0.6 is 0 Å². The van der Waals surface area contributed by atoms with Crippen molar-refractivity contribution in [2.45, 2.75) is 69.9 Å². The van der Waals surface area contributed by atoms with Crippen LogP contribution in [0, 0.1) is 11.8 Å². The minimum Gasteiger partial charge on any atom is -0.297 e. The Balaban J connectivity index is 1.77. The van der Waals surface area contributed by atoms with Gasteiger partial charge in [-0.05, 0) is 58.4 Å². The molecule has 2 amide bonds. The van der Waals surface area contributed by atoms with Gasteiger partial charge in [-0.25, -0.2) is 0 Å². The molecule has 0 aromatic rings. The highest BCUT2D eigenvalue weighted by molar-refractivity contribution is 5.99. The van der Waals surface area contributed by atoms with Crippen molar-refractivity contribution in [1.82, 2.24) is 9.80 Å². The first-order chi connectivity index (χ1) is 9.97. The van der Waals surface area contributed by atoms with Crippen LogP contribution in [-0.2, 0) is 9.59 Å². The van der Waals surface area contributed by atoms with Crippen LogP contribution in [0.15, 0.2) is 0 Å². The van der Waals surface area contributed by atoms with Gasteiger partial charge in [0, 0.05) is 18.5 Å². The number of rotatable bonds is 0. The summed E-state index contributed by atoms with van der Waals surface area (Å²) >= 11 is 0. The number of carbonyl (C=O) groups is 2. The third-order valence-electron chi connectivity index (χ3n) is 7.03. The summed E-state index contributed by atoms with van der Waals surface area (Å²) in [5, 5.41) is 0. The molecule has 0 N–H and O–H groups in total. The van der Waals surface area contributed by atoms with Gasteiger partial charge in [0.1, 0.15) is 0 Å². The zero-order chi connectivity index (χ0) is 14.8. The van der Waals surface area contributed by atoms with Crippen molar-refractivity contribution in [2.75, 3.05) is 13.1 Å². The monoisotopic (exact) mass is 290 g/mol. The van der Waals surface area contributed by atoms with Crippen LogP contribution in [0.4, 0.5) is 0 Å². The van der Waals surface area contributed by atoms with Crippen molar-refractivity contribution < 1.29 is 9.59 Å². The van der Waals surface area contributed by atoms with Crippen molar-refractivity contribution in [3.8, 4) is 0 Å². The molecule has 4 saturated heterocycles. The Morgan fingerprint density at radius 2 is 1.81 bits per heavy atom. The Morgan fingerprint density at radius 1 is 1.05 bits per heavy atom. The topological polar surface area (TPSA) is 40.6 Å². The second-order valence-electron chi connectivity index (χ2n) is 8.02. The zero-order valence-electron chi connectivity index (χ0n) is 13.2. The molecule has 0 saturated carbocycles. The fraction of sp³-hybridized carbons (Fsp3) is 0.882. The molecule has 4 heterocycles. The van der Waals surface area contributed by atoms with E-state index in [9.17, 15) is 9.59 Å². The predicted molar refractivity (Wildman–Crippen MR) is 79.5 cm³/mol. The summed E-state index contributed by atoms with van der Waals surface area (Å²) in [4.78, 5) is 29.8. The summed E-state index contributed by atoms with van der Waals surface area (Å²) in [5.41, 5.74) is -0.230. The highest BCUT2D eigenvalue weighted by Crippen LogP contribution is 2.52. The lowest BCUT2D eigenvalue weighted by molar-refractivity contribution is -0.187. The van der Waals surface area contributed by atoms with Gasteiger partial charge < -0.3 is 0 Å². The van der Waals surface area contributed by atoms with Crippen molar-refractivity contribution in [3.05, 3.63) is 0 Å². The number of piperidine rings is 4. The highest BCUT2D eigenvalue weighted by Gasteiger charge is 2.61. The van der Waals surface area contributed by atoms with Gasteiger partial charge in [0.25, 0.3) is 0 Å². The maximum Gasteiger partial charge on any atom is 0.234 e. The number of hydrogen-bond donors (Lipinski definition) is 0. The molecule has 0 aromatic heterocycles. The molecule has 21 heavy (non-hydrogen) atoms. The van der Waals surface area contributed by atoms with Gasteiger partial charge in [0.15, 0.2) is 0 Å². The molecule has 0 radical (unpaired) electrons. The summed E-state index contributed by atoms with van der Waals surface area (Å²) < 4.78 is 0. The Bertz CT molecular complexity index is 505. The largest absolute Gasteiger partial charge is 0.297 e. The van der Waals surface area contributed by atoms with Crippen LogP contribution in [0.1, 0.15) is 58.8 Å². The van der Waals surface area contributed by atoms with Crippen LogP contribution in [0.25, 0.3) is 0 Å². The van der Waals surface area contributed by atoms with Crippen LogP contribution in [0.5, 0.6) is 0 Å². The SMILES string of the molecule is C[C@@]12CCCC(=O)N1C(=O)[C@@H]1C[C@H]2CN2CCCC[C@]12C. The standard InChI is InChI=1S/C17H26N2O2/c1-16-8-5-6-14(20)19(16)15(21)13-10-12(16)11-18-9-4-3-7-17(13,18)2/h12-13H,3-11H2,1-2H3/t12-,13-,16-,17+/m0/s1. The van der Waals surface area contributed by atoms with Gasteiger partial charge in [-0.3, -0.25) is 19.4 Å². The van der Waals surface area contributed by atoms with Gasteiger partial charge in [-0.2, -0.15) is 0 Å². The van der Waals surface area contributed by atoms with Crippen molar-refractivity contribution in [1.29, 1.82) is 0 Å². The van der Waals surface area contributed by atoms with E-state index in [0.29, 0.717) is 12.3 Å². The fourth-order valence-electron chi connectivity index (χ4n) is 5.61. The average Bonchev–Trinajstić information content (AvgIpc) is 2.44. The lowest BCUT2D eigenvalue weighted by Gasteiger charge is -2.63. The highest BCUT2D eigenvalue weighted by atomic mass is 16.2. The minimum atomic E-state index is -0.221. The molecular weight excluding hydrogens is 264 g/mol. The van der Waals surface area contributed by atoms with Crippen molar-refractivity contribution in [2.24, 2.45) is 11.8 Å². The van der Waals surface area contributed by atoms with E-state index in [-0.39, 0.29) is 28.8 Å². The number of hydrogen-bond acceptors (Lipinski definition) is 3. The van der Waals surface area contributed by atoms with Crippen LogP contribution in [-0.4, -0.2) is 45.8 Å². The maximum atomic E-state index is 13.1. The van der Waals surface area contributed by atoms with E-state index in [2.05, 4.69) is 18.7 Å². The van der Waals surface area contributed by atoms with Crippen LogP contribution < -0.4 is 0 Å². The molecule has 0 aliphatic carbocycles. The Hall–Kier alpha value is -0.900. The van der Waals surface area contributed by atoms with E-state index in [1.165, 1.54) is 12.8 Å². The number of amides is 2. The van der Waals surface area contributed by atoms with E-state index in [1.54, 1.807) is 4.90 Å². The minimum absolute atomic E-state index is 0.00904. The molecule has 2 bridgehead atoms. The van der Waals surface area contributed by atoms with Gasteiger partial charge in [-0.15, -0.1) is 0 Å². The molecular formula is C17H26N2O2. The van der Waals surface area contributed by atoms with Gasteiger partial charge in [0.05, 0.1) is 11.5 Å². The molecule has 4 fully saturated rings. The van der Waals surface area contributed by atoms with E-state index in [4.69, 9.17) is 0 Å². The Labute approximate surface area is 126 Å². The molecule has 0 spiro atoms. The van der Waals surface area contributed by atoms with Gasteiger partial charge in [-0.1, -0.05) is 6.42 Å². The molecule has 0 aromatic carbocycles. The fourth-order valence-corrected chi connectivity index (χ4v) is 5.61. The molecule has 4 rings (SSSR count). The summed E-state index contributed by atoms with van der Waals surface area (Å²) in [6.45, 7) is 6.62.